The van der Waals surface area contributed by atoms with Crippen LogP contribution in [0.3, 0.4) is 0 Å². The molecule has 3 N–H and O–H groups in total. The third-order valence-corrected chi connectivity index (χ3v) is 4.06. The van der Waals surface area contributed by atoms with Gasteiger partial charge in [-0.15, -0.1) is 0 Å². The van der Waals surface area contributed by atoms with Gasteiger partial charge in [-0.05, 0) is 31.4 Å². The number of hydrogen-bond acceptors (Lipinski definition) is 5. The molecule has 0 spiro atoms. The molecule has 8 heteroatoms. The lowest BCUT2D eigenvalue weighted by molar-refractivity contribution is -0.109. The summed E-state index contributed by atoms with van der Waals surface area (Å²) in [5, 5.41) is 2.57. The molecule has 0 fully saturated rings. The number of unbranched alkanes of at least 4 members (excludes halogenated alkanes) is 2. The predicted octanol–water partition coefficient (Wildman–Crippen LogP) is 3.09. The minimum Gasteiger partial charge on any atom is -0.359 e. The zero-order chi connectivity index (χ0) is 22.1. The monoisotopic (exact) mass is 410 g/mol. The molecule has 1 aliphatic heterocycles. The number of nitrogens with zero attached hydrogens (tertiary/aromatic N) is 2. The van der Waals surface area contributed by atoms with Gasteiger partial charge in [0.25, 0.3) is 11.8 Å². The summed E-state index contributed by atoms with van der Waals surface area (Å²) >= 11 is 0. The highest BCUT2D eigenvalue weighted by atomic mass is 19.1. The van der Waals surface area contributed by atoms with E-state index in [1.165, 1.54) is 11.1 Å². The lowest BCUT2D eigenvalue weighted by atomic mass is 10.2. The van der Waals surface area contributed by atoms with Crippen molar-refractivity contribution in [2.24, 2.45) is 5.73 Å². The van der Waals surface area contributed by atoms with Gasteiger partial charge in [-0.3, -0.25) is 24.3 Å². The summed E-state index contributed by atoms with van der Waals surface area (Å²) in [5.41, 5.74) is 5.74. The van der Waals surface area contributed by atoms with Crippen molar-refractivity contribution in [2.45, 2.75) is 65.5 Å². The number of pyridine rings is 1. The lowest BCUT2D eigenvalue weighted by Gasteiger charge is -2.10. The van der Waals surface area contributed by atoms with Crippen LogP contribution in [-0.2, 0) is 4.79 Å². The van der Waals surface area contributed by atoms with Crippen molar-refractivity contribution in [3.8, 4) is 0 Å². The highest BCUT2D eigenvalue weighted by Gasteiger charge is 2.35. The van der Waals surface area contributed by atoms with E-state index in [4.69, 9.17) is 5.73 Å². The molecule has 2 heterocycles. The number of rotatable bonds is 10. The van der Waals surface area contributed by atoms with Gasteiger partial charge < -0.3 is 11.1 Å². The van der Waals surface area contributed by atoms with Gasteiger partial charge in [-0.2, -0.15) is 0 Å². The normalized spacial score (nSPS) is 12.9. The fourth-order valence-corrected chi connectivity index (χ4v) is 2.42. The van der Waals surface area contributed by atoms with Crippen LogP contribution in [0.15, 0.2) is 18.3 Å². The molecule has 2 rings (SSSR count). The number of halogens is 1. The van der Waals surface area contributed by atoms with E-state index >= 15 is 0 Å². The molecule has 3 amide bonds. The Morgan fingerprint density at radius 1 is 1.17 bits per heavy atom. The first-order valence-electron chi connectivity index (χ1n) is 10.3. The Labute approximate surface area is 173 Å². The van der Waals surface area contributed by atoms with Gasteiger partial charge >= 0.3 is 0 Å². The first-order chi connectivity index (χ1) is 14.0. The topological polar surface area (TPSA) is 105 Å². The third-order valence-electron chi connectivity index (χ3n) is 4.06. The summed E-state index contributed by atoms with van der Waals surface area (Å²) in [4.78, 5) is 38.0. The molecule has 0 aromatic carbocycles. The van der Waals surface area contributed by atoms with E-state index in [-0.39, 0.29) is 24.1 Å². The van der Waals surface area contributed by atoms with Crippen LogP contribution in [0.25, 0.3) is 0 Å². The molecule has 1 unspecified atom stereocenters. The Morgan fingerprint density at radius 2 is 1.86 bits per heavy atom. The zero-order valence-corrected chi connectivity index (χ0v) is 17.8. The Bertz CT molecular complexity index is 578. The minimum atomic E-state index is -0.769. The first-order valence-corrected chi connectivity index (χ1v) is 10.3. The molecule has 0 radical (unpaired) electrons. The van der Waals surface area contributed by atoms with Gasteiger partial charge in [0.1, 0.15) is 11.9 Å². The molecule has 1 aromatic heterocycles. The van der Waals surface area contributed by atoms with E-state index in [1.54, 1.807) is 12.1 Å². The van der Waals surface area contributed by atoms with Gasteiger partial charge in [0, 0.05) is 25.8 Å². The lowest BCUT2D eigenvalue weighted by Crippen LogP contribution is -2.30. The van der Waals surface area contributed by atoms with Crippen LogP contribution in [-0.4, -0.2) is 53.9 Å². The van der Waals surface area contributed by atoms with Crippen LogP contribution in [0, 0.1) is 0 Å². The number of carbonyl (C=O) groups excluding carboxylic acids is 3. The van der Waals surface area contributed by atoms with Crippen molar-refractivity contribution in [1.82, 2.24) is 15.2 Å². The second kappa shape index (κ2) is 16.6. The molecule has 7 nitrogen and oxygen atoms in total. The average Bonchev–Trinajstić information content (AvgIpc) is 2.99. The molecule has 1 atom stereocenters. The number of amides is 3. The van der Waals surface area contributed by atoms with Gasteiger partial charge in [0.15, 0.2) is 0 Å². The van der Waals surface area contributed by atoms with Gasteiger partial charge in [-0.25, -0.2) is 4.39 Å². The van der Waals surface area contributed by atoms with E-state index in [0.717, 1.165) is 45.1 Å². The molecule has 164 valence electrons. The Morgan fingerprint density at radius 3 is 2.38 bits per heavy atom. The number of nitrogens with one attached hydrogen (secondary N) is 1. The quantitative estimate of drug-likeness (QED) is 0.350. The van der Waals surface area contributed by atoms with Crippen LogP contribution in [0.2, 0.25) is 0 Å². The fourth-order valence-electron chi connectivity index (χ4n) is 2.42. The van der Waals surface area contributed by atoms with Crippen LogP contribution in [0.4, 0.5) is 4.39 Å². The molecule has 0 bridgehead atoms. The van der Waals surface area contributed by atoms with Crippen molar-refractivity contribution in [2.75, 3.05) is 19.6 Å². The zero-order valence-electron chi connectivity index (χ0n) is 17.8. The fraction of sp³-hybridized carbons (Fsp3) is 0.619. The minimum absolute atomic E-state index is 0.181. The number of imide groups is 1. The smallest absolute Gasteiger partial charge is 0.280 e. The second-order valence-corrected chi connectivity index (χ2v) is 6.56. The van der Waals surface area contributed by atoms with Crippen molar-refractivity contribution in [1.29, 1.82) is 0 Å². The van der Waals surface area contributed by atoms with Crippen LogP contribution >= 0.6 is 0 Å². The summed E-state index contributed by atoms with van der Waals surface area (Å²) in [6.45, 7) is 7.53. The van der Waals surface area contributed by atoms with Crippen molar-refractivity contribution in [3.05, 3.63) is 29.6 Å². The molecule has 0 aliphatic carbocycles. The van der Waals surface area contributed by atoms with Crippen molar-refractivity contribution in [3.63, 3.8) is 0 Å². The summed E-state index contributed by atoms with van der Waals surface area (Å²) in [5.74, 6) is -0.493. The maximum Gasteiger partial charge on any atom is 0.280 e. The number of aromatic nitrogens is 1. The van der Waals surface area contributed by atoms with E-state index < -0.39 is 6.17 Å². The largest absolute Gasteiger partial charge is 0.359 e. The van der Waals surface area contributed by atoms with Crippen LogP contribution in [0.5, 0.6) is 0 Å². The van der Waals surface area contributed by atoms with Crippen LogP contribution in [0.1, 0.15) is 80.1 Å². The number of hydrogen-bond donors (Lipinski definition) is 2. The Kier molecular flexibility index (Phi) is 15.2. The van der Waals surface area contributed by atoms with Crippen molar-refractivity contribution < 1.29 is 18.8 Å². The maximum absolute atomic E-state index is 12.2. The van der Waals surface area contributed by atoms with Gasteiger partial charge in [0.2, 0.25) is 6.41 Å². The number of alkyl halides is 1. The summed E-state index contributed by atoms with van der Waals surface area (Å²) in [6, 6.07) is 3.30. The van der Waals surface area contributed by atoms with E-state index in [0.29, 0.717) is 18.5 Å². The van der Waals surface area contributed by atoms with E-state index in [1.807, 2.05) is 13.8 Å². The highest BCUT2D eigenvalue weighted by molar-refractivity contribution is 6.20. The first kappa shape index (κ1) is 26.6. The van der Waals surface area contributed by atoms with Crippen LogP contribution < -0.4 is 11.1 Å². The third kappa shape index (κ3) is 10.1. The molecular weight excluding hydrogens is 375 g/mol. The molecule has 1 aliphatic rings. The number of nitrogens with two attached hydrogens (primary N) is 1. The van der Waals surface area contributed by atoms with E-state index in [9.17, 15) is 18.8 Å². The van der Waals surface area contributed by atoms with Gasteiger partial charge in [0.05, 0.1) is 5.56 Å². The predicted molar refractivity (Wildman–Crippen MR) is 112 cm³/mol. The molecule has 0 saturated heterocycles. The van der Waals surface area contributed by atoms with Gasteiger partial charge in [-0.1, -0.05) is 40.0 Å². The molecule has 1 aromatic rings. The average molecular weight is 411 g/mol. The van der Waals surface area contributed by atoms with Crippen molar-refractivity contribution >= 4 is 18.2 Å². The highest BCUT2D eigenvalue weighted by Crippen LogP contribution is 2.20. The van der Waals surface area contributed by atoms with E-state index in [2.05, 4.69) is 17.2 Å². The second-order valence-electron chi connectivity index (χ2n) is 6.56. The Balaban J connectivity index is 0.000000450. The Hall–Kier alpha value is -2.35. The maximum atomic E-state index is 12.2. The summed E-state index contributed by atoms with van der Waals surface area (Å²) in [7, 11) is 0. The summed E-state index contributed by atoms with van der Waals surface area (Å²) < 4.78 is 12.2. The summed E-state index contributed by atoms with van der Waals surface area (Å²) in [6.07, 6.45) is 7.13. The molecule has 29 heavy (non-hydrogen) atoms. The molecule has 0 saturated carbocycles. The SMILES string of the molecule is CCCCC(F)CN.CCCCNC=O.CCCN1C(=O)c2cccnc2C1=O. The number of fused-ring (bicyclic) bond motifs is 1. The molecular formula is C21H35FN4O3. The standard InChI is InChI=1S/C10H10N2O2.C6H14FN.C5H11NO/c1-2-6-12-9(13)7-4-3-5-11-8(7)10(12)14;1-2-3-4-6(7)5-8;1-2-3-4-6-5-7/h3-5H,2,6H2,1H3;6H,2-5,8H2,1H3;5H,2-4H2,1H3,(H,6,7). The number of carbonyl (C=O) groups is 3.